The van der Waals surface area contributed by atoms with Gasteiger partial charge in [0.25, 0.3) is 5.69 Å². The molecule has 1 aliphatic heterocycles. The van der Waals surface area contributed by atoms with Crippen LogP contribution >= 0.6 is 27.5 Å². The Morgan fingerprint density at radius 1 is 1.30 bits per heavy atom. The van der Waals surface area contributed by atoms with Gasteiger partial charge in [0.2, 0.25) is 0 Å². The lowest BCUT2D eigenvalue weighted by atomic mass is 10.1. The Morgan fingerprint density at radius 2 is 2.09 bits per heavy atom. The molecule has 1 fully saturated rings. The highest BCUT2D eigenvalue weighted by molar-refractivity contribution is 9.10. The van der Waals surface area contributed by atoms with Crippen LogP contribution in [-0.4, -0.2) is 24.6 Å². The summed E-state index contributed by atoms with van der Waals surface area (Å²) in [5, 5.41) is 11.2. The van der Waals surface area contributed by atoms with Gasteiger partial charge < -0.3 is 9.64 Å². The molecule has 120 valence electrons. The number of benzene rings is 2. The first-order valence-corrected chi connectivity index (χ1v) is 8.28. The van der Waals surface area contributed by atoms with Crippen LogP contribution in [0.4, 0.5) is 11.4 Å². The maximum atomic E-state index is 10.8. The largest absolute Gasteiger partial charge is 0.370 e. The highest BCUT2D eigenvalue weighted by atomic mass is 79.9. The SMILES string of the molecule is O=[N+]([O-])c1ccc(N2CCOC(c3ccccc3Br)C2)c(Cl)c1. The zero-order valence-electron chi connectivity index (χ0n) is 12.1. The summed E-state index contributed by atoms with van der Waals surface area (Å²) in [5.41, 5.74) is 1.86. The summed E-state index contributed by atoms with van der Waals surface area (Å²) < 4.78 is 6.88. The third kappa shape index (κ3) is 3.49. The Balaban J connectivity index is 1.84. The summed E-state index contributed by atoms with van der Waals surface area (Å²) in [5.74, 6) is 0. The predicted molar refractivity (Wildman–Crippen MR) is 93.2 cm³/mol. The van der Waals surface area contributed by atoms with E-state index in [9.17, 15) is 10.1 Å². The summed E-state index contributed by atoms with van der Waals surface area (Å²) in [4.78, 5) is 12.5. The van der Waals surface area contributed by atoms with Crippen molar-refractivity contribution in [3.8, 4) is 0 Å². The van der Waals surface area contributed by atoms with Crippen LogP contribution in [0.15, 0.2) is 46.9 Å². The van der Waals surface area contributed by atoms with Gasteiger partial charge in [0.05, 0.1) is 22.2 Å². The Labute approximate surface area is 147 Å². The van der Waals surface area contributed by atoms with Crippen LogP contribution in [0.3, 0.4) is 0 Å². The average Bonchev–Trinajstić information content (AvgIpc) is 2.55. The van der Waals surface area contributed by atoms with E-state index in [4.69, 9.17) is 16.3 Å². The monoisotopic (exact) mass is 396 g/mol. The molecular formula is C16H14BrClN2O3. The van der Waals surface area contributed by atoms with E-state index in [1.807, 2.05) is 24.3 Å². The molecule has 3 rings (SSSR count). The number of non-ortho nitro benzene ring substituents is 1. The summed E-state index contributed by atoms with van der Waals surface area (Å²) in [6, 6.07) is 12.5. The molecule has 5 nitrogen and oxygen atoms in total. The first-order chi connectivity index (χ1) is 11.1. The quantitative estimate of drug-likeness (QED) is 0.561. The molecule has 0 saturated carbocycles. The van der Waals surface area contributed by atoms with Crippen molar-refractivity contribution < 1.29 is 9.66 Å². The highest BCUT2D eigenvalue weighted by Crippen LogP contribution is 2.34. The van der Waals surface area contributed by atoms with Gasteiger partial charge in [-0.05, 0) is 17.7 Å². The van der Waals surface area contributed by atoms with Gasteiger partial charge in [-0.25, -0.2) is 0 Å². The number of nitro benzene ring substituents is 1. The van der Waals surface area contributed by atoms with Crippen LogP contribution in [-0.2, 0) is 4.74 Å². The lowest BCUT2D eigenvalue weighted by molar-refractivity contribution is -0.384. The van der Waals surface area contributed by atoms with Gasteiger partial charge in [0, 0.05) is 29.7 Å². The Bertz CT molecular complexity index is 741. The van der Waals surface area contributed by atoms with Crippen LogP contribution < -0.4 is 4.90 Å². The van der Waals surface area contributed by atoms with Crippen molar-refractivity contribution >= 4 is 38.9 Å². The van der Waals surface area contributed by atoms with Crippen LogP contribution in [0.2, 0.25) is 5.02 Å². The van der Waals surface area contributed by atoms with Gasteiger partial charge in [-0.2, -0.15) is 0 Å². The van der Waals surface area contributed by atoms with Gasteiger partial charge in [-0.1, -0.05) is 45.7 Å². The Hall–Kier alpha value is -1.63. The molecular weight excluding hydrogens is 384 g/mol. The Morgan fingerprint density at radius 3 is 2.78 bits per heavy atom. The second-order valence-corrected chi connectivity index (χ2v) is 6.48. The summed E-state index contributed by atoms with van der Waals surface area (Å²) in [6.07, 6.45) is -0.0782. The number of hydrogen-bond acceptors (Lipinski definition) is 4. The third-order valence-electron chi connectivity index (χ3n) is 3.80. The number of nitro groups is 1. The average molecular weight is 398 g/mol. The molecule has 1 heterocycles. The number of rotatable bonds is 3. The summed E-state index contributed by atoms with van der Waals surface area (Å²) in [7, 11) is 0. The fourth-order valence-corrected chi connectivity index (χ4v) is 3.49. The minimum atomic E-state index is -0.446. The zero-order chi connectivity index (χ0) is 16.4. The van der Waals surface area contributed by atoms with Crippen molar-refractivity contribution in [3.05, 3.63) is 67.6 Å². The van der Waals surface area contributed by atoms with E-state index in [0.29, 0.717) is 24.7 Å². The van der Waals surface area contributed by atoms with Gasteiger partial charge in [-0.15, -0.1) is 0 Å². The predicted octanol–water partition coefficient (Wildman–Crippen LogP) is 4.59. The van der Waals surface area contributed by atoms with Gasteiger partial charge in [0.1, 0.15) is 6.10 Å². The number of halogens is 2. The number of hydrogen-bond donors (Lipinski definition) is 0. The smallest absolute Gasteiger partial charge is 0.271 e. The molecule has 1 unspecified atom stereocenters. The van der Waals surface area contributed by atoms with Crippen LogP contribution in [0, 0.1) is 10.1 Å². The van der Waals surface area contributed by atoms with Crippen molar-refractivity contribution in [2.24, 2.45) is 0 Å². The first-order valence-electron chi connectivity index (χ1n) is 7.11. The van der Waals surface area contributed by atoms with Crippen LogP contribution in [0.1, 0.15) is 11.7 Å². The summed E-state index contributed by atoms with van der Waals surface area (Å²) >= 11 is 9.78. The van der Waals surface area contributed by atoms with E-state index >= 15 is 0 Å². The summed E-state index contributed by atoms with van der Waals surface area (Å²) in [6.45, 7) is 1.90. The van der Waals surface area contributed by atoms with E-state index in [1.54, 1.807) is 6.07 Å². The van der Waals surface area contributed by atoms with E-state index in [1.165, 1.54) is 12.1 Å². The van der Waals surface area contributed by atoms with E-state index < -0.39 is 4.92 Å². The Kier molecular flexibility index (Phi) is 4.84. The molecule has 0 aromatic heterocycles. The van der Waals surface area contributed by atoms with Crippen LogP contribution in [0.5, 0.6) is 0 Å². The van der Waals surface area contributed by atoms with Crippen molar-refractivity contribution in [1.82, 2.24) is 0 Å². The lowest BCUT2D eigenvalue weighted by Crippen LogP contribution is -2.38. The molecule has 0 radical (unpaired) electrons. The van der Waals surface area contributed by atoms with E-state index in [2.05, 4.69) is 20.8 Å². The van der Waals surface area contributed by atoms with E-state index in [-0.39, 0.29) is 11.8 Å². The lowest BCUT2D eigenvalue weighted by Gasteiger charge is -2.35. The maximum absolute atomic E-state index is 10.8. The van der Waals surface area contributed by atoms with E-state index in [0.717, 1.165) is 15.7 Å². The molecule has 0 bridgehead atoms. The standard InChI is InChI=1S/C16H14BrClN2O3/c17-13-4-2-1-3-12(13)16-10-19(7-8-23-16)15-6-5-11(20(21)22)9-14(15)18/h1-6,9,16H,7-8,10H2. The fraction of sp³-hybridized carbons (Fsp3) is 0.250. The van der Waals surface area contributed by atoms with Crippen molar-refractivity contribution in [2.75, 3.05) is 24.6 Å². The topological polar surface area (TPSA) is 55.6 Å². The van der Waals surface area contributed by atoms with Gasteiger partial charge >= 0.3 is 0 Å². The second kappa shape index (κ2) is 6.86. The van der Waals surface area contributed by atoms with Gasteiger partial charge in [0.15, 0.2) is 0 Å². The molecule has 23 heavy (non-hydrogen) atoms. The molecule has 0 N–H and O–H groups in total. The van der Waals surface area contributed by atoms with Crippen molar-refractivity contribution in [1.29, 1.82) is 0 Å². The number of ether oxygens (including phenoxy) is 1. The molecule has 1 aliphatic rings. The number of anilines is 1. The number of nitrogens with zero attached hydrogens (tertiary/aromatic N) is 2. The molecule has 2 aromatic carbocycles. The van der Waals surface area contributed by atoms with Gasteiger partial charge in [-0.3, -0.25) is 10.1 Å². The maximum Gasteiger partial charge on any atom is 0.271 e. The van der Waals surface area contributed by atoms with Crippen molar-refractivity contribution in [3.63, 3.8) is 0 Å². The number of morpholine rings is 1. The molecule has 7 heteroatoms. The normalized spacial score (nSPS) is 18.0. The van der Waals surface area contributed by atoms with Crippen molar-refractivity contribution in [2.45, 2.75) is 6.10 Å². The second-order valence-electron chi connectivity index (χ2n) is 5.22. The molecule has 1 saturated heterocycles. The first kappa shape index (κ1) is 16.2. The zero-order valence-corrected chi connectivity index (χ0v) is 14.5. The molecule has 0 spiro atoms. The highest BCUT2D eigenvalue weighted by Gasteiger charge is 2.25. The minimum Gasteiger partial charge on any atom is -0.370 e. The minimum absolute atomic E-state index is 0.00522. The molecule has 0 amide bonds. The third-order valence-corrected chi connectivity index (χ3v) is 4.83. The molecule has 2 aromatic rings. The fourth-order valence-electron chi connectivity index (χ4n) is 2.66. The molecule has 1 atom stereocenters. The molecule has 0 aliphatic carbocycles. The van der Waals surface area contributed by atoms with Crippen LogP contribution in [0.25, 0.3) is 0 Å².